The summed E-state index contributed by atoms with van der Waals surface area (Å²) in [6.45, 7) is 4.49. The lowest BCUT2D eigenvalue weighted by molar-refractivity contribution is 0.416. The average molecular weight is 462 g/mol. The molecule has 1 aliphatic carbocycles. The van der Waals surface area contributed by atoms with Crippen LogP contribution < -0.4 is 4.74 Å². The quantitative estimate of drug-likeness (QED) is 0.265. The van der Waals surface area contributed by atoms with Gasteiger partial charge in [0, 0.05) is 18.0 Å². The molecule has 0 aliphatic heterocycles. The number of ether oxygens (including phenoxy) is 1. The summed E-state index contributed by atoms with van der Waals surface area (Å²) in [6.07, 6.45) is 4.94. The Labute approximate surface area is 196 Å². The fourth-order valence-electron chi connectivity index (χ4n) is 4.28. The zero-order valence-electron chi connectivity index (χ0n) is 18.4. The van der Waals surface area contributed by atoms with Gasteiger partial charge in [-0.05, 0) is 61.2 Å². The molecular weight excluding hydrogens is 437 g/mol. The standard InChI is InChI=1S/C25H24FN5OS/c1-3-15-30-24(20-7-4-5-10-23(20)32-2)27-28-25(30)33-16-21-19-8-6-9-22(19)31(29-21)18-13-11-17(26)12-14-18/h3-5,7,10-14H,1,6,8-9,15-16H2,2H3. The minimum absolute atomic E-state index is 0.245. The lowest BCUT2D eigenvalue weighted by Gasteiger charge is -2.10. The molecule has 4 aromatic rings. The maximum absolute atomic E-state index is 13.4. The molecule has 1 aliphatic rings. The molecule has 168 valence electrons. The van der Waals surface area contributed by atoms with Gasteiger partial charge >= 0.3 is 0 Å². The highest BCUT2D eigenvalue weighted by atomic mass is 32.2. The molecule has 0 amide bonds. The monoisotopic (exact) mass is 461 g/mol. The van der Waals surface area contributed by atoms with Gasteiger partial charge in [0.1, 0.15) is 11.6 Å². The molecule has 2 aromatic heterocycles. The van der Waals surface area contributed by atoms with Gasteiger partial charge in [-0.3, -0.25) is 4.57 Å². The van der Waals surface area contributed by atoms with Crippen LogP contribution in [0.5, 0.6) is 5.75 Å². The second-order valence-electron chi connectivity index (χ2n) is 7.81. The number of thioether (sulfide) groups is 1. The second-order valence-corrected chi connectivity index (χ2v) is 8.75. The van der Waals surface area contributed by atoms with Crippen molar-refractivity contribution in [1.29, 1.82) is 0 Å². The molecule has 0 fully saturated rings. The van der Waals surface area contributed by atoms with Crippen LogP contribution in [0.3, 0.4) is 0 Å². The van der Waals surface area contributed by atoms with Gasteiger partial charge in [0.05, 0.1) is 24.1 Å². The topological polar surface area (TPSA) is 57.8 Å². The Morgan fingerprint density at radius 1 is 1.12 bits per heavy atom. The van der Waals surface area contributed by atoms with Crippen LogP contribution in [0.1, 0.15) is 23.4 Å². The number of benzene rings is 2. The van der Waals surface area contributed by atoms with E-state index in [0.717, 1.165) is 52.9 Å². The van der Waals surface area contributed by atoms with Crippen LogP contribution in [0.25, 0.3) is 17.1 Å². The molecule has 0 saturated carbocycles. The number of allylic oxidation sites excluding steroid dienone is 1. The number of fused-ring (bicyclic) bond motifs is 1. The van der Waals surface area contributed by atoms with Gasteiger partial charge < -0.3 is 4.74 Å². The first-order chi connectivity index (χ1) is 16.2. The molecule has 0 bridgehead atoms. The highest BCUT2D eigenvalue weighted by Crippen LogP contribution is 2.34. The summed E-state index contributed by atoms with van der Waals surface area (Å²) in [5.41, 5.74) is 5.34. The maximum Gasteiger partial charge on any atom is 0.192 e. The van der Waals surface area contributed by atoms with E-state index >= 15 is 0 Å². The molecular formula is C25H24FN5OS. The van der Waals surface area contributed by atoms with E-state index < -0.39 is 0 Å². The zero-order valence-corrected chi connectivity index (χ0v) is 19.2. The summed E-state index contributed by atoms with van der Waals surface area (Å²) >= 11 is 1.61. The summed E-state index contributed by atoms with van der Waals surface area (Å²) in [4.78, 5) is 0. The second kappa shape index (κ2) is 9.23. The lowest BCUT2D eigenvalue weighted by Crippen LogP contribution is -2.03. The van der Waals surface area contributed by atoms with Gasteiger partial charge in [0.25, 0.3) is 0 Å². The van der Waals surface area contributed by atoms with Gasteiger partial charge in [-0.15, -0.1) is 16.8 Å². The number of nitrogens with zero attached hydrogens (tertiary/aromatic N) is 5. The van der Waals surface area contributed by atoms with E-state index in [1.807, 2.05) is 39.6 Å². The first-order valence-corrected chi connectivity index (χ1v) is 11.8. The molecule has 0 radical (unpaired) electrons. The summed E-state index contributed by atoms with van der Waals surface area (Å²) in [5.74, 6) is 1.93. The first-order valence-electron chi connectivity index (χ1n) is 10.9. The van der Waals surface area contributed by atoms with Crippen LogP contribution in [-0.2, 0) is 25.1 Å². The third-order valence-corrected chi connectivity index (χ3v) is 6.78. The third kappa shape index (κ3) is 4.06. The van der Waals surface area contributed by atoms with E-state index in [1.54, 1.807) is 31.0 Å². The van der Waals surface area contributed by atoms with Crippen LogP contribution >= 0.6 is 11.8 Å². The number of rotatable bonds is 8. The molecule has 0 N–H and O–H groups in total. The van der Waals surface area contributed by atoms with Crippen LogP contribution in [0.2, 0.25) is 0 Å². The van der Waals surface area contributed by atoms with Crippen LogP contribution in [0, 0.1) is 5.82 Å². The highest BCUT2D eigenvalue weighted by Gasteiger charge is 2.24. The van der Waals surface area contributed by atoms with Gasteiger partial charge in [-0.25, -0.2) is 9.07 Å². The van der Waals surface area contributed by atoms with E-state index in [0.29, 0.717) is 12.3 Å². The molecule has 0 unspecified atom stereocenters. The van der Waals surface area contributed by atoms with Gasteiger partial charge in [0.2, 0.25) is 0 Å². The van der Waals surface area contributed by atoms with Crippen molar-refractivity contribution in [3.8, 4) is 22.8 Å². The number of halogens is 1. The van der Waals surface area contributed by atoms with Crippen molar-refractivity contribution in [3.05, 3.63) is 84.0 Å². The molecule has 8 heteroatoms. The molecule has 5 rings (SSSR count). The van der Waals surface area contributed by atoms with Gasteiger partial charge in [-0.2, -0.15) is 5.10 Å². The normalized spacial score (nSPS) is 12.7. The molecule has 0 atom stereocenters. The summed E-state index contributed by atoms with van der Waals surface area (Å²) < 4.78 is 22.9. The molecule has 2 heterocycles. The first kappa shape index (κ1) is 21.5. The van der Waals surface area contributed by atoms with Crippen molar-refractivity contribution >= 4 is 11.8 Å². The van der Waals surface area contributed by atoms with E-state index in [9.17, 15) is 4.39 Å². The number of hydrogen-bond donors (Lipinski definition) is 0. The Morgan fingerprint density at radius 3 is 2.73 bits per heavy atom. The minimum Gasteiger partial charge on any atom is -0.496 e. The van der Waals surface area contributed by atoms with Crippen molar-refractivity contribution in [1.82, 2.24) is 24.5 Å². The predicted octanol–water partition coefficient (Wildman–Crippen LogP) is 5.25. The van der Waals surface area contributed by atoms with Crippen molar-refractivity contribution in [2.75, 3.05) is 7.11 Å². The number of hydrogen-bond acceptors (Lipinski definition) is 5. The smallest absolute Gasteiger partial charge is 0.192 e. The Morgan fingerprint density at radius 2 is 1.94 bits per heavy atom. The van der Waals surface area contributed by atoms with Crippen LogP contribution in [0.15, 0.2) is 66.3 Å². The molecule has 6 nitrogen and oxygen atoms in total. The molecule has 0 spiro atoms. The van der Waals surface area contributed by atoms with Crippen molar-refractivity contribution in [3.63, 3.8) is 0 Å². The van der Waals surface area contributed by atoms with Gasteiger partial charge in [-0.1, -0.05) is 30.0 Å². The molecule has 33 heavy (non-hydrogen) atoms. The number of aromatic nitrogens is 5. The summed E-state index contributed by atoms with van der Waals surface area (Å²) in [7, 11) is 1.65. The maximum atomic E-state index is 13.4. The fraction of sp³-hybridized carbons (Fsp3) is 0.240. The van der Waals surface area contributed by atoms with E-state index in [-0.39, 0.29) is 5.82 Å². The Bertz CT molecular complexity index is 1290. The number of methoxy groups -OCH3 is 1. The van der Waals surface area contributed by atoms with Crippen molar-refractivity contribution < 1.29 is 9.13 Å². The molecule has 0 saturated heterocycles. The molecule has 2 aromatic carbocycles. The van der Waals surface area contributed by atoms with E-state index in [4.69, 9.17) is 9.84 Å². The minimum atomic E-state index is -0.245. The SMILES string of the molecule is C=CCn1c(SCc2nn(-c3ccc(F)cc3)c3c2CCC3)nnc1-c1ccccc1OC. The Hall–Kier alpha value is -3.39. The summed E-state index contributed by atoms with van der Waals surface area (Å²) in [5, 5.41) is 14.6. The zero-order chi connectivity index (χ0) is 22.8. The average Bonchev–Trinajstić information content (AvgIpc) is 3.55. The van der Waals surface area contributed by atoms with Gasteiger partial charge in [0.15, 0.2) is 11.0 Å². The lowest BCUT2D eigenvalue weighted by atomic mass is 10.2. The van der Waals surface area contributed by atoms with E-state index in [1.165, 1.54) is 23.4 Å². The van der Waals surface area contributed by atoms with Crippen molar-refractivity contribution in [2.24, 2.45) is 0 Å². The largest absolute Gasteiger partial charge is 0.496 e. The fourth-order valence-corrected chi connectivity index (χ4v) is 5.19. The van der Waals surface area contributed by atoms with Crippen LogP contribution in [0.4, 0.5) is 4.39 Å². The predicted molar refractivity (Wildman–Crippen MR) is 127 cm³/mol. The Kier molecular flexibility index (Phi) is 6.00. The number of para-hydroxylation sites is 1. The van der Waals surface area contributed by atoms with E-state index in [2.05, 4.69) is 16.8 Å². The summed E-state index contributed by atoms with van der Waals surface area (Å²) in [6, 6.07) is 14.3. The third-order valence-electron chi connectivity index (χ3n) is 5.80. The Balaban J connectivity index is 1.45. The van der Waals surface area contributed by atoms with Crippen LogP contribution in [-0.4, -0.2) is 31.7 Å². The highest BCUT2D eigenvalue weighted by molar-refractivity contribution is 7.98. The van der Waals surface area contributed by atoms with Crippen molar-refractivity contribution in [2.45, 2.75) is 36.7 Å².